The highest BCUT2D eigenvalue weighted by molar-refractivity contribution is 5.18. The van der Waals surface area contributed by atoms with Crippen LogP contribution in [0.4, 0.5) is 22.0 Å². The summed E-state index contributed by atoms with van der Waals surface area (Å²) in [6.07, 6.45) is 3.44. The van der Waals surface area contributed by atoms with Crippen LogP contribution >= 0.6 is 0 Å². The van der Waals surface area contributed by atoms with Gasteiger partial charge in [-0.05, 0) is 62.1 Å². The number of rotatable bonds is 6. The van der Waals surface area contributed by atoms with Crippen molar-refractivity contribution >= 4 is 0 Å². The number of halogens is 5. The molecule has 1 aliphatic carbocycles. The van der Waals surface area contributed by atoms with Crippen molar-refractivity contribution in [2.45, 2.75) is 51.7 Å². The van der Waals surface area contributed by atoms with Gasteiger partial charge in [-0.1, -0.05) is 12.2 Å². The molecule has 0 atom stereocenters. The van der Waals surface area contributed by atoms with E-state index in [2.05, 4.69) is 10.8 Å². The lowest BCUT2D eigenvalue weighted by Crippen LogP contribution is -2.27. The van der Waals surface area contributed by atoms with Crippen LogP contribution in [0.5, 0.6) is 0 Å². The molecule has 1 saturated carbocycles. The van der Waals surface area contributed by atoms with E-state index in [1.807, 2.05) is 13.0 Å². The first-order chi connectivity index (χ1) is 11.3. The maximum Gasteiger partial charge on any atom is 0.356 e. The van der Waals surface area contributed by atoms with Crippen LogP contribution in [0.3, 0.4) is 0 Å². The van der Waals surface area contributed by atoms with Crippen LogP contribution in [0.25, 0.3) is 0 Å². The summed E-state index contributed by atoms with van der Waals surface area (Å²) in [6, 6.07) is 1.33. The molecule has 0 spiro atoms. The molecule has 6 heteroatoms. The molecular formula is C18H21F5O. The lowest BCUT2D eigenvalue weighted by atomic mass is 9.80. The quantitative estimate of drug-likeness (QED) is 0.349. The van der Waals surface area contributed by atoms with Crippen molar-refractivity contribution in [3.63, 3.8) is 0 Å². The van der Waals surface area contributed by atoms with E-state index in [9.17, 15) is 22.0 Å². The molecule has 1 fully saturated rings. The number of alkyl halides is 2. The van der Waals surface area contributed by atoms with E-state index in [4.69, 9.17) is 0 Å². The Bertz CT molecular complexity index is 554. The molecule has 24 heavy (non-hydrogen) atoms. The predicted molar refractivity (Wildman–Crippen MR) is 80.9 cm³/mol. The first-order valence-electron chi connectivity index (χ1n) is 8.08. The maximum absolute atomic E-state index is 13.9. The third kappa shape index (κ3) is 5.30. The third-order valence-electron chi connectivity index (χ3n) is 4.38. The van der Waals surface area contributed by atoms with Crippen LogP contribution in [-0.4, -0.2) is 6.11 Å². The summed E-state index contributed by atoms with van der Waals surface area (Å²) >= 11 is 0. The lowest BCUT2D eigenvalue weighted by molar-refractivity contribution is -0.256. The Balaban J connectivity index is 1.85. The zero-order valence-corrected chi connectivity index (χ0v) is 13.5. The molecule has 1 aromatic carbocycles. The molecule has 0 radical (unpaired) electrons. The van der Waals surface area contributed by atoms with Crippen LogP contribution in [-0.2, 0) is 11.3 Å². The van der Waals surface area contributed by atoms with Crippen molar-refractivity contribution in [1.82, 2.24) is 0 Å². The van der Waals surface area contributed by atoms with Crippen molar-refractivity contribution < 1.29 is 26.7 Å². The van der Waals surface area contributed by atoms with Crippen molar-refractivity contribution in [1.29, 1.82) is 0 Å². The molecule has 0 bridgehead atoms. The highest BCUT2D eigenvalue weighted by atomic mass is 19.3. The largest absolute Gasteiger partial charge is 0.356 e. The Morgan fingerprint density at radius 3 is 2.21 bits per heavy atom. The van der Waals surface area contributed by atoms with Gasteiger partial charge in [0.15, 0.2) is 17.5 Å². The van der Waals surface area contributed by atoms with E-state index < -0.39 is 36.6 Å². The Kier molecular flexibility index (Phi) is 6.38. The number of benzene rings is 1. The standard InChI is InChI=1S/C18H21F5O/c1-2-3-12-4-6-13(7-5-12)10-18(22,23)24-11-14-8-15(19)17(21)16(20)9-14/h2-3,8-9,12-13H,4-7,10-11H2,1H3/t12-,13-. The van der Waals surface area contributed by atoms with Crippen LogP contribution in [0.2, 0.25) is 0 Å². The van der Waals surface area contributed by atoms with E-state index in [1.54, 1.807) is 0 Å². The van der Waals surface area contributed by atoms with Gasteiger partial charge in [0.05, 0.1) is 6.61 Å². The molecule has 1 nitrogen and oxygen atoms in total. The summed E-state index contributed by atoms with van der Waals surface area (Å²) in [5.41, 5.74) is -0.164. The molecule has 134 valence electrons. The first-order valence-corrected chi connectivity index (χ1v) is 8.08. The average Bonchev–Trinajstić information content (AvgIpc) is 2.52. The maximum atomic E-state index is 13.9. The minimum absolute atomic E-state index is 0.136. The fraction of sp³-hybridized carbons (Fsp3) is 0.556. The van der Waals surface area contributed by atoms with Gasteiger partial charge in [-0.2, -0.15) is 8.78 Å². The second-order valence-electron chi connectivity index (χ2n) is 6.31. The van der Waals surface area contributed by atoms with Gasteiger partial charge in [0.1, 0.15) is 0 Å². The summed E-state index contributed by atoms with van der Waals surface area (Å²) < 4.78 is 71.4. The first kappa shape index (κ1) is 18.9. The fourth-order valence-electron chi connectivity index (χ4n) is 3.13. The Labute approximate surface area is 138 Å². The summed E-state index contributed by atoms with van der Waals surface area (Å²) in [4.78, 5) is 0. The Morgan fingerprint density at radius 2 is 1.67 bits per heavy atom. The highest BCUT2D eigenvalue weighted by Gasteiger charge is 2.35. The number of ether oxygens (including phenoxy) is 1. The molecule has 2 rings (SSSR count). The van der Waals surface area contributed by atoms with E-state index in [0.717, 1.165) is 12.8 Å². The van der Waals surface area contributed by atoms with Gasteiger partial charge in [-0.15, -0.1) is 0 Å². The van der Waals surface area contributed by atoms with Gasteiger partial charge >= 0.3 is 6.11 Å². The van der Waals surface area contributed by atoms with E-state index >= 15 is 0 Å². The minimum Gasteiger partial charge on any atom is -0.316 e. The minimum atomic E-state index is -3.38. The van der Waals surface area contributed by atoms with Gasteiger partial charge in [-0.25, -0.2) is 13.2 Å². The number of hydrogen-bond donors (Lipinski definition) is 0. The van der Waals surface area contributed by atoms with Crippen LogP contribution in [0.1, 0.15) is 44.6 Å². The molecule has 0 aromatic heterocycles. The monoisotopic (exact) mass is 348 g/mol. The molecule has 1 aliphatic rings. The highest BCUT2D eigenvalue weighted by Crippen LogP contribution is 2.37. The average molecular weight is 348 g/mol. The molecule has 0 unspecified atom stereocenters. The number of hydrogen-bond acceptors (Lipinski definition) is 1. The van der Waals surface area contributed by atoms with Gasteiger partial charge in [0, 0.05) is 6.42 Å². The lowest BCUT2D eigenvalue weighted by Gasteiger charge is -2.29. The topological polar surface area (TPSA) is 9.23 Å². The summed E-state index contributed by atoms with van der Waals surface area (Å²) in [6.45, 7) is 1.27. The van der Waals surface area contributed by atoms with Gasteiger partial charge in [0.25, 0.3) is 0 Å². The van der Waals surface area contributed by atoms with Crippen LogP contribution in [0, 0.1) is 29.3 Å². The molecule has 0 aliphatic heterocycles. The van der Waals surface area contributed by atoms with Crippen molar-refractivity contribution in [2.24, 2.45) is 11.8 Å². The normalized spacial score (nSPS) is 22.2. The van der Waals surface area contributed by atoms with Crippen molar-refractivity contribution in [2.75, 3.05) is 0 Å². The van der Waals surface area contributed by atoms with Gasteiger partial charge < -0.3 is 4.74 Å². The summed E-state index contributed by atoms with van der Waals surface area (Å²) in [7, 11) is 0. The Hall–Kier alpha value is -1.43. The summed E-state index contributed by atoms with van der Waals surface area (Å²) in [5.74, 6) is -4.14. The molecule has 0 N–H and O–H groups in total. The van der Waals surface area contributed by atoms with E-state index in [0.29, 0.717) is 30.9 Å². The van der Waals surface area contributed by atoms with E-state index in [1.165, 1.54) is 0 Å². The van der Waals surface area contributed by atoms with Crippen LogP contribution in [0.15, 0.2) is 24.3 Å². The zero-order chi connectivity index (χ0) is 17.7. The fourth-order valence-corrected chi connectivity index (χ4v) is 3.13. The van der Waals surface area contributed by atoms with Gasteiger partial charge in [0.2, 0.25) is 0 Å². The van der Waals surface area contributed by atoms with Crippen LogP contribution < -0.4 is 0 Å². The molecular weight excluding hydrogens is 327 g/mol. The number of allylic oxidation sites excluding steroid dienone is 2. The smallest absolute Gasteiger partial charge is 0.316 e. The van der Waals surface area contributed by atoms with Gasteiger partial charge in [-0.3, -0.25) is 0 Å². The molecule has 0 amide bonds. The zero-order valence-electron chi connectivity index (χ0n) is 13.5. The van der Waals surface area contributed by atoms with Crippen molar-refractivity contribution in [3.05, 3.63) is 47.3 Å². The second kappa shape index (κ2) is 8.10. The predicted octanol–water partition coefficient (Wildman–Crippen LogP) is 5.99. The van der Waals surface area contributed by atoms with E-state index in [-0.39, 0.29) is 11.5 Å². The summed E-state index contributed by atoms with van der Waals surface area (Å²) in [5, 5.41) is 0. The third-order valence-corrected chi connectivity index (χ3v) is 4.38. The molecule has 0 heterocycles. The second-order valence-corrected chi connectivity index (χ2v) is 6.31. The SMILES string of the molecule is CC=C[C@H]1CC[C@H](CC(F)(F)OCc2cc(F)c(F)c(F)c2)CC1. The molecule has 1 aromatic rings. The Morgan fingerprint density at radius 1 is 1.08 bits per heavy atom. The molecule has 0 saturated heterocycles. The van der Waals surface area contributed by atoms with Crippen molar-refractivity contribution in [3.8, 4) is 0 Å².